The largest absolute Gasteiger partial charge is 0.497 e. The fraction of sp³-hybridized carbons (Fsp3) is 0.407. The number of piperidine rings is 1. The Hall–Kier alpha value is -2.66. The number of anilines is 1. The maximum absolute atomic E-state index is 13.2. The van der Waals surface area contributed by atoms with Crippen molar-refractivity contribution in [2.24, 2.45) is 0 Å². The lowest BCUT2D eigenvalue weighted by atomic mass is 9.99. The summed E-state index contributed by atoms with van der Waals surface area (Å²) >= 11 is 7.66. The fourth-order valence-electron chi connectivity index (χ4n) is 4.92. The molecule has 38 heavy (non-hydrogen) atoms. The van der Waals surface area contributed by atoms with Gasteiger partial charge in [-0.3, -0.25) is 4.79 Å². The number of thiazole rings is 1. The molecule has 2 saturated heterocycles. The Morgan fingerprint density at radius 1 is 1.03 bits per heavy atom. The Labute approximate surface area is 232 Å². The highest BCUT2D eigenvalue weighted by molar-refractivity contribution is 7.89. The molecule has 3 aromatic rings. The first kappa shape index (κ1) is 26.9. The van der Waals surface area contributed by atoms with Crippen molar-refractivity contribution >= 4 is 44.6 Å². The zero-order valence-electron chi connectivity index (χ0n) is 21.5. The summed E-state index contributed by atoms with van der Waals surface area (Å²) in [7, 11) is -1.94. The zero-order valence-corrected chi connectivity index (χ0v) is 23.9. The Bertz CT molecular complexity index is 1390. The number of sulfonamides is 1. The van der Waals surface area contributed by atoms with E-state index in [1.807, 2.05) is 41.5 Å². The minimum absolute atomic E-state index is 0.0434. The molecule has 202 valence electrons. The molecule has 0 spiro atoms. The molecule has 0 radical (unpaired) electrons. The number of aromatic nitrogens is 1. The Morgan fingerprint density at radius 2 is 1.71 bits per heavy atom. The lowest BCUT2D eigenvalue weighted by molar-refractivity contribution is 0.0741. The second-order valence-corrected chi connectivity index (χ2v) is 12.9. The maximum atomic E-state index is 13.2. The van der Waals surface area contributed by atoms with Gasteiger partial charge in [-0.25, -0.2) is 13.4 Å². The van der Waals surface area contributed by atoms with Crippen LogP contribution in [-0.4, -0.2) is 74.9 Å². The molecule has 2 aliphatic rings. The van der Waals surface area contributed by atoms with Crippen LogP contribution in [0.15, 0.2) is 52.7 Å². The van der Waals surface area contributed by atoms with Crippen LogP contribution >= 0.6 is 22.9 Å². The van der Waals surface area contributed by atoms with Crippen molar-refractivity contribution in [3.63, 3.8) is 0 Å². The van der Waals surface area contributed by atoms with E-state index in [9.17, 15) is 13.2 Å². The Balaban J connectivity index is 1.16. The van der Waals surface area contributed by atoms with Crippen molar-refractivity contribution in [1.82, 2.24) is 14.2 Å². The SMILES string of the molecule is COc1ccc(N2CCN(C(=O)c3csc(C4CCN(S(=O)(=O)c5ccc(C)c(Cl)c5)CC4)n3)CC2)cc1. The van der Waals surface area contributed by atoms with Crippen molar-refractivity contribution in [3.8, 4) is 5.75 Å². The number of carbonyl (C=O) groups is 1. The van der Waals surface area contributed by atoms with Gasteiger partial charge < -0.3 is 14.5 Å². The van der Waals surface area contributed by atoms with Crippen molar-refractivity contribution in [2.75, 3.05) is 51.3 Å². The summed E-state index contributed by atoms with van der Waals surface area (Å²) in [4.78, 5) is 22.2. The van der Waals surface area contributed by atoms with E-state index >= 15 is 0 Å². The van der Waals surface area contributed by atoms with Gasteiger partial charge in [0.2, 0.25) is 10.0 Å². The highest BCUT2D eigenvalue weighted by atomic mass is 35.5. The smallest absolute Gasteiger partial charge is 0.273 e. The molecule has 0 N–H and O–H groups in total. The van der Waals surface area contributed by atoms with E-state index in [-0.39, 0.29) is 16.7 Å². The number of benzene rings is 2. The summed E-state index contributed by atoms with van der Waals surface area (Å²) in [5.41, 5.74) is 2.44. The van der Waals surface area contributed by atoms with Gasteiger partial charge in [0.1, 0.15) is 11.4 Å². The molecule has 1 aromatic heterocycles. The molecule has 8 nitrogen and oxygen atoms in total. The monoisotopic (exact) mass is 574 g/mol. The first-order valence-electron chi connectivity index (χ1n) is 12.7. The fourth-order valence-corrected chi connectivity index (χ4v) is 7.63. The van der Waals surface area contributed by atoms with E-state index in [4.69, 9.17) is 16.3 Å². The zero-order chi connectivity index (χ0) is 26.9. The molecule has 0 aliphatic carbocycles. The van der Waals surface area contributed by atoms with Crippen molar-refractivity contribution < 1.29 is 17.9 Å². The number of nitrogens with zero attached hydrogens (tertiary/aromatic N) is 4. The van der Waals surface area contributed by atoms with E-state index in [1.54, 1.807) is 19.2 Å². The normalized spacial score (nSPS) is 17.6. The molecule has 0 saturated carbocycles. The average molecular weight is 575 g/mol. The number of halogens is 1. The van der Waals surface area contributed by atoms with Crippen molar-refractivity contribution in [1.29, 1.82) is 0 Å². The predicted octanol–water partition coefficient (Wildman–Crippen LogP) is 4.64. The van der Waals surface area contributed by atoms with Crippen LogP contribution in [0.2, 0.25) is 5.02 Å². The van der Waals surface area contributed by atoms with Gasteiger partial charge in [0.05, 0.1) is 17.0 Å². The number of methoxy groups -OCH3 is 1. The molecule has 11 heteroatoms. The lowest BCUT2D eigenvalue weighted by Gasteiger charge is -2.35. The van der Waals surface area contributed by atoms with Gasteiger partial charge in [-0.2, -0.15) is 4.31 Å². The van der Waals surface area contributed by atoms with Gasteiger partial charge in [0, 0.05) is 61.3 Å². The third-order valence-electron chi connectivity index (χ3n) is 7.33. The van der Waals surface area contributed by atoms with Gasteiger partial charge in [-0.15, -0.1) is 11.3 Å². The lowest BCUT2D eigenvalue weighted by Crippen LogP contribution is -2.48. The number of ether oxygens (including phenoxy) is 1. The molecule has 1 amide bonds. The summed E-state index contributed by atoms with van der Waals surface area (Å²) in [5.74, 6) is 0.921. The quantitative estimate of drug-likeness (QED) is 0.426. The van der Waals surface area contributed by atoms with E-state index in [0.29, 0.717) is 49.7 Å². The summed E-state index contributed by atoms with van der Waals surface area (Å²) < 4.78 is 33.0. The van der Waals surface area contributed by atoms with E-state index in [2.05, 4.69) is 9.88 Å². The molecule has 5 rings (SSSR count). The number of carbonyl (C=O) groups excluding carboxylic acids is 1. The van der Waals surface area contributed by atoms with Crippen LogP contribution in [-0.2, 0) is 10.0 Å². The molecule has 2 fully saturated rings. The van der Waals surface area contributed by atoms with Gasteiger partial charge in [-0.05, 0) is 61.7 Å². The van der Waals surface area contributed by atoms with Crippen LogP contribution in [0.25, 0.3) is 0 Å². The van der Waals surface area contributed by atoms with Crippen LogP contribution in [0, 0.1) is 6.92 Å². The first-order chi connectivity index (χ1) is 18.3. The minimum Gasteiger partial charge on any atom is -0.497 e. The van der Waals surface area contributed by atoms with Gasteiger partial charge >= 0.3 is 0 Å². The summed E-state index contributed by atoms with van der Waals surface area (Å²) in [6, 6.07) is 12.8. The summed E-state index contributed by atoms with van der Waals surface area (Å²) in [6.07, 6.45) is 1.33. The van der Waals surface area contributed by atoms with E-state index in [1.165, 1.54) is 21.7 Å². The number of hydrogen-bond acceptors (Lipinski definition) is 7. The summed E-state index contributed by atoms with van der Waals surface area (Å²) in [5, 5.41) is 3.19. The van der Waals surface area contributed by atoms with Crippen LogP contribution in [0.3, 0.4) is 0 Å². The number of aryl methyl sites for hydroxylation is 1. The van der Waals surface area contributed by atoms with Crippen LogP contribution in [0.5, 0.6) is 5.75 Å². The molecule has 2 aromatic carbocycles. The topological polar surface area (TPSA) is 83.0 Å². The second kappa shape index (κ2) is 11.2. The molecule has 0 atom stereocenters. The number of piperazine rings is 1. The number of hydrogen-bond donors (Lipinski definition) is 0. The predicted molar refractivity (Wildman–Crippen MR) is 150 cm³/mol. The van der Waals surface area contributed by atoms with Crippen LogP contribution < -0.4 is 9.64 Å². The molecule has 2 aliphatic heterocycles. The first-order valence-corrected chi connectivity index (χ1v) is 15.4. The van der Waals surface area contributed by atoms with Crippen LogP contribution in [0.1, 0.15) is 39.8 Å². The van der Waals surface area contributed by atoms with Crippen molar-refractivity contribution in [2.45, 2.75) is 30.6 Å². The standard InChI is InChI=1S/C27H31ClN4O4S2/c1-19-3-8-23(17-24(19)28)38(34,35)32-11-9-20(10-12-32)26-29-25(18-37-26)27(33)31-15-13-30(14-16-31)21-4-6-22(36-2)7-5-21/h3-8,17-18,20H,9-16H2,1-2H3. The van der Waals surface area contributed by atoms with E-state index < -0.39 is 10.0 Å². The third kappa shape index (κ3) is 5.54. The van der Waals surface area contributed by atoms with Crippen LogP contribution in [0.4, 0.5) is 5.69 Å². The maximum Gasteiger partial charge on any atom is 0.273 e. The number of amides is 1. The third-order valence-corrected chi connectivity index (χ3v) is 10.6. The number of rotatable bonds is 6. The highest BCUT2D eigenvalue weighted by Crippen LogP contribution is 2.33. The minimum atomic E-state index is -3.60. The van der Waals surface area contributed by atoms with Gasteiger partial charge in [-0.1, -0.05) is 17.7 Å². The average Bonchev–Trinajstić information content (AvgIpc) is 3.45. The molecule has 0 bridgehead atoms. The van der Waals surface area contributed by atoms with Crippen molar-refractivity contribution in [3.05, 3.63) is 69.1 Å². The molecule has 3 heterocycles. The summed E-state index contributed by atoms with van der Waals surface area (Å²) in [6.45, 7) is 5.46. The Kier molecular flexibility index (Phi) is 7.95. The van der Waals surface area contributed by atoms with E-state index in [0.717, 1.165) is 35.1 Å². The molecular weight excluding hydrogens is 544 g/mol. The van der Waals surface area contributed by atoms with Gasteiger partial charge in [0.15, 0.2) is 0 Å². The second-order valence-electron chi connectivity index (χ2n) is 9.64. The molecule has 0 unspecified atom stereocenters. The molecular formula is C27H31ClN4O4S2. The Morgan fingerprint density at radius 3 is 2.34 bits per heavy atom. The van der Waals surface area contributed by atoms with Gasteiger partial charge in [0.25, 0.3) is 5.91 Å². The highest BCUT2D eigenvalue weighted by Gasteiger charge is 2.32.